The van der Waals surface area contributed by atoms with Gasteiger partial charge < -0.3 is 0 Å². The number of fused-ring (bicyclic) bond motifs is 1. The van der Waals surface area contributed by atoms with Crippen LogP contribution in [-0.4, -0.2) is 21.5 Å². The van der Waals surface area contributed by atoms with Gasteiger partial charge in [0.25, 0.3) is 0 Å². The number of thiophene rings is 1. The number of benzene rings is 2. The molecule has 2 heterocycles. The molecule has 0 bridgehead atoms. The van der Waals surface area contributed by atoms with Crippen molar-refractivity contribution in [3.8, 4) is 11.1 Å². The summed E-state index contributed by atoms with van der Waals surface area (Å²) >= 11 is 18.5. The highest BCUT2D eigenvalue weighted by molar-refractivity contribution is 9.10. The molecule has 4 aromatic rings. The minimum absolute atomic E-state index is 0.0705. The van der Waals surface area contributed by atoms with Gasteiger partial charge in [-0.25, -0.2) is 9.97 Å². The number of ketones is 1. The molecule has 140 valence electrons. The van der Waals surface area contributed by atoms with Gasteiger partial charge in [0.1, 0.15) is 16.2 Å². The predicted molar refractivity (Wildman–Crippen MR) is 122 cm³/mol. The van der Waals surface area contributed by atoms with Crippen LogP contribution >= 0.6 is 62.2 Å². The highest BCUT2D eigenvalue weighted by Crippen LogP contribution is 2.38. The number of Topliss-reactive ketones (excluding diaryl/α,β-unsaturated/α-hetero) is 1. The van der Waals surface area contributed by atoms with Gasteiger partial charge >= 0.3 is 0 Å². The van der Waals surface area contributed by atoms with Crippen LogP contribution in [0.4, 0.5) is 0 Å². The lowest BCUT2D eigenvalue weighted by atomic mass is 10.1. The molecule has 0 N–H and O–H groups in total. The molecule has 0 saturated carbocycles. The molecule has 0 aliphatic carbocycles. The first-order valence-corrected chi connectivity index (χ1v) is 11.5. The van der Waals surface area contributed by atoms with Crippen molar-refractivity contribution < 1.29 is 4.79 Å². The van der Waals surface area contributed by atoms with Crippen molar-refractivity contribution in [2.45, 2.75) is 5.03 Å². The van der Waals surface area contributed by atoms with E-state index in [9.17, 15) is 4.79 Å². The fourth-order valence-corrected chi connectivity index (χ4v) is 5.38. The number of aromatic nitrogens is 2. The van der Waals surface area contributed by atoms with E-state index in [1.165, 1.54) is 18.1 Å². The van der Waals surface area contributed by atoms with Crippen LogP contribution < -0.4 is 0 Å². The Balaban J connectivity index is 1.64. The second kappa shape index (κ2) is 8.51. The molecule has 0 amide bonds. The molecule has 2 aromatic carbocycles. The molecule has 4 rings (SSSR count). The number of carbonyl (C=O) groups is 1. The van der Waals surface area contributed by atoms with Crippen molar-refractivity contribution in [3.63, 3.8) is 0 Å². The second-order valence-corrected chi connectivity index (χ2v) is 9.43. The number of rotatable bonds is 5. The molecule has 0 aliphatic rings. The van der Waals surface area contributed by atoms with E-state index in [4.69, 9.17) is 23.2 Å². The lowest BCUT2D eigenvalue weighted by Crippen LogP contribution is -2.03. The summed E-state index contributed by atoms with van der Waals surface area (Å²) < 4.78 is 1.02. The maximum absolute atomic E-state index is 12.6. The maximum Gasteiger partial charge on any atom is 0.174 e. The average Bonchev–Trinajstić information content (AvgIpc) is 3.11. The third-order valence-corrected chi connectivity index (χ3v) is 7.01. The summed E-state index contributed by atoms with van der Waals surface area (Å²) in [5.74, 6) is 0.155. The monoisotopic (exact) mass is 508 g/mol. The summed E-state index contributed by atoms with van der Waals surface area (Å²) in [6.45, 7) is 0. The number of hydrogen-bond donors (Lipinski definition) is 0. The third-order valence-electron chi connectivity index (χ3n) is 4.06. The minimum Gasteiger partial charge on any atom is -0.293 e. The Morgan fingerprint density at radius 2 is 1.89 bits per heavy atom. The molecule has 0 fully saturated rings. The van der Waals surface area contributed by atoms with Gasteiger partial charge in [-0.1, -0.05) is 63.0 Å². The predicted octanol–water partition coefficient (Wildman–Crippen LogP) is 7.40. The van der Waals surface area contributed by atoms with Gasteiger partial charge in [0.05, 0.1) is 16.2 Å². The quantitative estimate of drug-likeness (QED) is 0.159. The Morgan fingerprint density at radius 1 is 1.11 bits per heavy atom. The first-order valence-electron chi connectivity index (χ1n) is 8.12. The van der Waals surface area contributed by atoms with Gasteiger partial charge in [-0.2, -0.15) is 0 Å². The van der Waals surface area contributed by atoms with Crippen molar-refractivity contribution in [1.29, 1.82) is 0 Å². The lowest BCUT2D eigenvalue weighted by Gasteiger charge is -2.06. The topological polar surface area (TPSA) is 42.9 Å². The Morgan fingerprint density at radius 3 is 2.64 bits per heavy atom. The van der Waals surface area contributed by atoms with E-state index in [1.54, 1.807) is 29.5 Å². The van der Waals surface area contributed by atoms with Crippen LogP contribution in [0.25, 0.3) is 21.3 Å². The van der Waals surface area contributed by atoms with Crippen LogP contribution in [0.1, 0.15) is 10.4 Å². The summed E-state index contributed by atoms with van der Waals surface area (Å²) in [5.41, 5.74) is 2.60. The molecule has 0 spiro atoms. The van der Waals surface area contributed by atoms with Crippen LogP contribution in [0.3, 0.4) is 0 Å². The van der Waals surface area contributed by atoms with Gasteiger partial charge in [-0.3, -0.25) is 4.79 Å². The zero-order chi connectivity index (χ0) is 19.7. The Kier molecular flexibility index (Phi) is 6.04. The van der Waals surface area contributed by atoms with Crippen LogP contribution in [0.15, 0.2) is 63.7 Å². The number of nitrogens with zero attached hydrogens (tertiary/aromatic N) is 2. The summed E-state index contributed by atoms with van der Waals surface area (Å²) in [4.78, 5) is 22.3. The largest absolute Gasteiger partial charge is 0.293 e. The molecule has 0 atom stereocenters. The third kappa shape index (κ3) is 4.11. The number of hydrogen-bond acceptors (Lipinski definition) is 5. The molecule has 0 saturated heterocycles. The Hall–Kier alpha value is -1.44. The number of thioether (sulfide) groups is 1. The molecule has 28 heavy (non-hydrogen) atoms. The molecule has 0 radical (unpaired) electrons. The van der Waals surface area contributed by atoms with E-state index in [0.29, 0.717) is 15.6 Å². The van der Waals surface area contributed by atoms with Gasteiger partial charge in [0.15, 0.2) is 5.78 Å². The lowest BCUT2D eigenvalue weighted by molar-refractivity contribution is 0.102. The van der Waals surface area contributed by atoms with E-state index >= 15 is 0 Å². The van der Waals surface area contributed by atoms with E-state index < -0.39 is 0 Å². The second-order valence-electron chi connectivity index (χ2n) is 5.85. The summed E-state index contributed by atoms with van der Waals surface area (Å²) in [6.07, 6.45) is 1.53. The van der Waals surface area contributed by atoms with E-state index in [2.05, 4.69) is 31.3 Å². The molecule has 8 heteroatoms. The van der Waals surface area contributed by atoms with Gasteiger partial charge in [-0.05, 0) is 35.9 Å². The first-order chi connectivity index (χ1) is 13.5. The molecular weight excluding hydrogens is 499 g/mol. The summed E-state index contributed by atoms with van der Waals surface area (Å²) in [6, 6.07) is 13.0. The van der Waals surface area contributed by atoms with Crippen LogP contribution in [0.5, 0.6) is 0 Å². The highest BCUT2D eigenvalue weighted by Gasteiger charge is 2.16. The maximum atomic E-state index is 12.6. The normalized spacial score (nSPS) is 11.1. The minimum atomic E-state index is -0.0705. The van der Waals surface area contributed by atoms with E-state index in [-0.39, 0.29) is 11.5 Å². The van der Waals surface area contributed by atoms with Crippen molar-refractivity contribution in [2.75, 3.05) is 5.75 Å². The fraction of sp³-hybridized carbons (Fsp3) is 0.0500. The molecule has 2 aromatic heterocycles. The van der Waals surface area contributed by atoms with Crippen LogP contribution in [0.2, 0.25) is 10.0 Å². The summed E-state index contributed by atoms with van der Waals surface area (Å²) in [5, 5.41) is 4.68. The SMILES string of the molecule is O=C(CSc1ncnc2scc(-c3ccc(Br)cc3)c12)c1ccc(Cl)cc1Cl. The van der Waals surface area contributed by atoms with Gasteiger partial charge in [0, 0.05) is 26.0 Å². The average molecular weight is 510 g/mol. The molecule has 3 nitrogen and oxygen atoms in total. The first kappa shape index (κ1) is 19.9. The number of halogens is 3. The van der Waals surface area contributed by atoms with Crippen LogP contribution in [-0.2, 0) is 0 Å². The van der Waals surface area contributed by atoms with Crippen molar-refractivity contribution in [3.05, 3.63) is 74.3 Å². The zero-order valence-corrected chi connectivity index (χ0v) is 18.9. The Bertz CT molecular complexity index is 1180. The standard InChI is InChI=1S/C20H11BrCl2N2OS2/c21-12-3-1-11(2-4-12)15-8-27-19-18(15)20(25-10-24-19)28-9-17(26)14-6-5-13(22)7-16(14)23/h1-8,10H,9H2. The van der Waals surface area contributed by atoms with Crippen molar-refractivity contribution in [1.82, 2.24) is 9.97 Å². The van der Waals surface area contributed by atoms with E-state index in [0.717, 1.165) is 30.8 Å². The van der Waals surface area contributed by atoms with Crippen molar-refractivity contribution >= 4 is 78.2 Å². The van der Waals surface area contributed by atoms with Crippen molar-refractivity contribution in [2.24, 2.45) is 0 Å². The van der Waals surface area contributed by atoms with Crippen LogP contribution in [0, 0.1) is 0 Å². The van der Waals surface area contributed by atoms with E-state index in [1.807, 2.05) is 24.3 Å². The smallest absolute Gasteiger partial charge is 0.174 e. The Labute approximate surface area is 188 Å². The van der Waals surface area contributed by atoms with Gasteiger partial charge in [0.2, 0.25) is 0 Å². The fourth-order valence-electron chi connectivity index (χ4n) is 2.73. The summed E-state index contributed by atoms with van der Waals surface area (Å²) in [7, 11) is 0. The molecular formula is C20H11BrCl2N2OS2. The molecule has 0 unspecified atom stereocenters. The zero-order valence-electron chi connectivity index (χ0n) is 14.2. The van der Waals surface area contributed by atoms with Gasteiger partial charge in [-0.15, -0.1) is 11.3 Å². The molecule has 0 aliphatic heterocycles. The highest BCUT2D eigenvalue weighted by atomic mass is 79.9. The number of carbonyl (C=O) groups excluding carboxylic acids is 1.